The highest BCUT2D eigenvalue weighted by molar-refractivity contribution is 6.30. The normalized spacial score (nSPS) is 12.1. The molecule has 0 aromatic heterocycles. The lowest BCUT2D eigenvalue weighted by atomic mass is 9.98. The Morgan fingerprint density at radius 1 is 1.00 bits per heavy atom. The van der Waals surface area contributed by atoms with Gasteiger partial charge in [0.05, 0.1) is 25.3 Å². The Bertz CT molecular complexity index is 664. The smallest absolute Gasteiger partial charge is 0.142 e. The topological polar surface area (TPSA) is 44.5 Å². The lowest BCUT2D eigenvalue weighted by Gasteiger charge is -2.18. The summed E-state index contributed by atoms with van der Waals surface area (Å²) in [4.78, 5) is 0. The fraction of sp³-hybridized carbons (Fsp3) is 0.200. The van der Waals surface area contributed by atoms with Crippen molar-refractivity contribution >= 4 is 11.6 Å². The number of rotatable bonds is 4. The third-order valence-electron chi connectivity index (χ3n) is 3.15. The van der Waals surface area contributed by atoms with Crippen LogP contribution in [0.4, 0.5) is 8.78 Å². The number of hydrogen-bond acceptors (Lipinski definition) is 3. The molecule has 0 fully saturated rings. The summed E-state index contributed by atoms with van der Waals surface area (Å²) >= 11 is 5.54. The van der Waals surface area contributed by atoms with E-state index in [4.69, 9.17) is 26.8 Å². The van der Waals surface area contributed by atoms with E-state index in [1.54, 1.807) is 18.2 Å². The fourth-order valence-corrected chi connectivity index (χ4v) is 2.17. The Kier molecular flexibility index (Phi) is 4.65. The summed E-state index contributed by atoms with van der Waals surface area (Å²) in [5, 5.41) is -0.287. The van der Waals surface area contributed by atoms with Crippen molar-refractivity contribution in [1.29, 1.82) is 0 Å². The molecule has 0 aliphatic rings. The van der Waals surface area contributed by atoms with Crippen LogP contribution in [0.3, 0.4) is 0 Å². The minimum Gasteiger partial charge on any atom is -0.497 e. The van der Waals surface area contributed by atoms with Crippen molar-refractivity contribution in [3.05, 3.63) is 58.1 Å². The Morgan fingerprint density at radius 2 is 1.71 bits per heavy atom. The van der Waals surface area contributed by atoms with Gasteiger partial charge in [0.1, 0.15) is 23.1 Å². The van der Waals surface area contributed by atoms with Gasteiger partial charge in [0, 0.05) is 17.2 Å². The average Bonchev–Trinajstić information content (AvgIpc) is 2.49. The van der Waals surface area contributed by atoms with Crippen LogP contribution in [-0.4, -0.2) is 14.2 Å². The number of ether oxygens (including phenoxy) is 2. The van der Waals surface area contributed by atoms with Gasteiger partial charge in [0.2, 0.25) is 0 Å². The van der Waals surface area contributed by atoms with Gasteiger partial charge in [-0.25, -0.2) is 8.78 Å². The van der Waals surface area contributed by atoms with Gasteiger partial charge in [-0.15, -0.1) is 0 Å². The van der Waals surface area contributed by atoms with Gasteiger partial charge < -0.3 is 15.2 Å². The van der Waals surface area contributed by atoms with Gasteiger partial charge in [-0.3, -0.25) is 0 Å². The second-order valence-corrected chi connectivity index (χ2v) is 4.78. The molecule has 0 aliphatic carbocycles. The maximum atomic E-state index is 14.0. The predicted molar refractivity (Wildman–Crippen MR) is 76.9 cm³/mol. The maximum Gasteiger partial charge on any atom is 0.142 e. The summed E-state index contributed by atoms with van der Waals surface area (Å²) in [6.07, 6.45) is 0. The Labute approximate surface area is 126 Å². The minimum atomic E-state index is -0.891. The van der Waals surface area contributed by atoms with Crippen LogP contribution in [-0.2, 0) is 0 Å². The van der Waals surface area contributed by atoms with E-state index in [2.05, 4.69) is 0 Å². The summed E-state index contributed by atoms with van der Waals surface area (Å²) in [5.41, 5.74) is 6.55. The van der Waals surface area contributed by atoms with Gasteiger partial charge >= 0.3 is 0 Å². The average molecular weight is 314 g/mol. The molecule has 0 heterocycles. The number of methoxy groups -OCH3 is 2. The van der Waals surface area contributed by atoms with Gasteiger partial charge in [-0.05, 0) is 24.3 Å². The quantitative estimate of drug-likeness (QED) is 0.876. The van der Waals surface area contributed by atoms with Crippen molar-refractivity contribution in [2.45, 2.75) is 6.04 Å². The molecule has 0 radical (unpaired) electrons. The lowest BCUT2D eigenvalue weighted by Crippen LogP contribution is -2.15. The molecule has 2 aromatic rings. The van der Waals surface area contributed by atoms with Crippen molar-refractivity contribution in [1.82, 2.24) is 0 Å². The van der Waals surface area contributed by atoms with Crippen LogP contribution < -0.4 is 15.2 Å². The summed E-state index contributed by atoms with van der Waals surface area (Å²) in [6, 6.07) is 5.95. The second-order valence-electron chi connectivity index (χ2n) is 4.37. The van der Waals surface area contributed by atoms with Crippen molar-refractivity contribution < 1.29 is 18.3 Å². The van der Waals surface area contributed by atoms with Crippen LogP contribution in [0, 0.1) is 11.6 Å². The summed E-state index contributed by atoms with van der Waals surface area (Å²) in [7, 11) is 2.98. The predicted octanol–water partition coefficient (Wildman–Crippen LogP) is 3.68. The van der Waals surface area contributed by atoms with E-state index in [9.17, 15) is 8.78 Å². The first kappa shape index (κ1) is 15.5. The lowest BCUT2D eigenvalue weighted by molar-refractivity contribution is 0.389. The van der Waals surface area contributed by atoms with Crippen LogP contribution in [0.25, 0.3) is 0 Å². The number of hydrogen-bond donors (Lipinski definition) is 1. The highest BCUT2D eigenvalue weighted by Crippen LogP contribution is 2.33. The Hall–Kier alpha value is -1.85. The molecule has 3 nitrogen and oxygen atoms in total. The van der Waals surface area contributed by atoms with E-state index in [0.29, 0.717) is 17.1 Å². The number of benzene rings is 2. The molecule has 112 valence electrons. The van der Waals surface area contributed by atoms with Crippen molar-refractivity contribution in [2.75, 3.05) is 14.2 Å². The standard InChI is InChI=1S/C15H14ClF2NO2/c1-20-8-3-4-9(14(5-8)21-2)15(19)10-6-13(18)11(16)7-12(10)17/h3-7,15H,19H2,1-2H3. The van der Waals surface area contributed by atoms with Crippen molar-refractivity contribution in [2.24, 2.45) is 5.73 Å². The first-order chi connectivity index (χ1) is 9.97. The molecule has 2 N–H and O–H groups in total. The largest absolute Gasteiger partial charge is 0.497 e. The van der Waals surface area contributed by atoms with E-state index in [-0.39, 0.29) is 10.6 Å². The van der Waals surface area contributed by atoms with Crippen molar-refractivity contribution in [3.63, 3.8) is 0 Å². The number of nitrogens with two attached hydrogens (primary N) is 1. The molecule has 0 aliphatic heterocycles. The van der Waals surface area contributed by atoms with Crippen LogP contribution in [0.5, 0.6) is 11.5 Å². The molecule has 1 atom stereocenters. The molecular formula is C15H14ClF2NO2. The molecule has 0 bridgehead atoms. The first-order valence-corrected chi connectivity index (χ1v) is 6.47. The molecule has 2 aromatic carbocycles. The molecule has 0 amide bonds. The SMILES string of the molecule is COc1ccc(C(N)c2cc(F)c(Cl)cc2F)c(OC)c1. The maximum absolute atomic E-state index is 14.0. The molecule has 6 heteroatoms. The van der Waals surface area contributed by atoms with E-state index in [1.165, 1.54) is 14.2 Å². The molecule has 1 unspecified atom stereocenters. The molecular weight excluding hydrogens is 300 g/mol. The Morgan fingerprint density at radius 3 is 2.33 bits per heavy atom. The van der Waals surface area contributed by atoms with Gasteiger partial charge in [-0.1, -0.05) is 11.6 Å². The second kappa shape index (κ2) is 6.28. The van der Waals surface area contributed by atoms with Crippen LogP contribution in [0.15, 0.2) is 30.3 Å². The summed E-state index contributed by atoms with van der Waals surface area (Å²) in [6.45, 7) is 0. The third-order valence-corrected chi connectivity index (χ3v) is 3.44. The highest BCUT2D eigenvalue weighted by atomic mass is 35.5. The molecule has 2 rings (SSSR count). The fourth-order valence-electron chi connectivity index (χ4n) is 2.02. The van der Waals surface area contributed by atoms with Crippen LogP contribution >= 0.6 is 11.6 Å². The van der Waals surface area contributed by atoms with Gasteiger partial charge in [-0.2, -0.15) is 0 Å². The summed E-state index contributed by atoms with van der Waals surface area (Å²) in [5.74, 6) is -0.398. The highest BCUT2D eigenvalue weighted by Gasteiger charge is 2.20. The van der Waals surface area contributed by atoms with E-state index < -0.39 is 17.7 Å². The first-order valence-electron chi connectivity index (χ1n) is 6.10. The minimum absolute atomic E-state index is 0.000340. The third kappa shape index (κ3) is 3.09. The molecule has 0 spiro atoms. The van der Waals surface area contributed by atoms with E-state index in [0.717, 1.165) is 12.1 Å². The summed E-state index contributed by atoms with van der Waals surface area (Å²) < 4.78 is 37.8. The Balaban J connectivity index is 2.49. The van der Waals surface area contributed by atoms with Gasteiger partial charge in [0.15, 0.2) is 0 Å². The van der Waals surface area contributed by atoms with Crippen molar-refractivity contribution in [3.8, 4) is 11.5 Å². The van der Waals surface area contributed by atoms with E-state index >= 15 is 0 Å². The van der Waals surface area contributed by atoms with Crippen LogP contribution in [0.1, 0.15) is 17.2 Å². The zero-order valence-corrected chi connectivity index (χ0v) is 12.2. The van der Waals surface area contributed by atoms with Gasteiger partial charge in [0.25, 0.3) is 0 Å². The zero-order valence-electron chi connectivity index (χ0n) is 11.5. The van der Waals surface area contributed by atoms with E-state index in [1.807, 2.05) is 0 Å². The zero-order chi connectivity index (χ0) is 15.6. The molecule has 0 saturated carbocycles. The van der Waals surface area contributed by atoms with Crippen LogP contribution in [0.2, 0.25) is 5.02 Å². The molecule has 21 heavy (non-hydrogen) atoms. The number of halogens is 3. The monoisotopic (exact) mass is 313 g/mol. The molecule has 0 saturated heterocycles.